The summed E-state index contributed by atoms with van der Waals surface area (Å²) in [5, 5.41) is 49.9. The van der Waals surface area contributed by atoms with Gasteiger partial charge in [-0.25, -0.2) is 20.4 Å². The van der Waals surface area contributed by atoms with Crippen LogP contribution in [0.4, 0.5) is 11.4 Å². The Bertz CT molecular complexity index is 4720. The van der Waals surface area contributed by atoms with E-state index in [9.17, 15) is 73.3 Å². The number of nitro groups is 2. The van der Waals surface area contributed by atoms with Gasteiger partial charge in [0.15, 0.2) is 0 Å². The molecular weight excluding hydrogens is 1580 g/mol. The number of rotatable bonds is 16. The van der Waals surface area contributed by atoms with Gasteiger partial charge in [-0.1, -0.05) is 123 Å². The summed E-state index contributed by atoms with van der Waals surface area (Å²) in [6, 6.07) is 18.0. The molecule has 2 aromatic heterocycles. The number of hydrogen-bond donors (Lipinski definition) is 7. The predicted octanol–water partition coefficient (Wildman–Crippen LogP) is 10.1. The second-order valence-electron chi connectivity index (χ2n) is 30.2. The summed E-state index contributed by atoms with van der Waals surface area (Å²) in [6.07, 6.45) is 13.5. The molecule has 35 heteroatoms. The van der Waals surface area contributed by atoms with E-state index in [1.54, 1.807) is 32.3 Å². The van der Waals surface area contributed by atoms with E-state index in [1.165, 1.54) is 55.1 Å². The molecule has 626 valence electrons. The lowest BCUT2D eigenvalue weighted by atomic mass is 9.78. The van der Waals surface area contributed by atoms with E-state index < -0.39 is 133 Å². The third-order valence-corrected chi connectivity index (χ3v) is 21.2. The van der Waals surface area contributed by atoms with Crippen LogP contribution < -0.4 is 32.1 Å². The summed E-state index contributed by atoms with van der Waals surface area (Å²) in [4.78, 5) is 161. The topological polar surface area (TPSA) is 428 Å². The number of hydrazine groups is 2. The van der Waals surface area contributed by atoms with Gasteiger partial charge in [0.25, 0.3) is 23.2 Å². The molecule has 5 bridgehead atoms. The molecule has 4 saturated heterocycles. The first kappa shape index (κ1) is 90.5. The number of alkyl halides is 3. The Hall–Kier alpha value is -10.5. The molecule has 0 unspecified atom stereocenters. The number of aromatic nitrogens is 2. The molecule has 8 atom stereocenters. The Morgan fingerprint density at radius 1 is 0.735 bits per heavy atom. The molecule has 5 aliphatic rings. The largest absolute Gasteiger partial charge is 0.460 e. The first-order chi connectivity index (χ1) is 55.4. The average Bonchev–Trinajstić information content (AvgIpc) is 1.30. The number of aliphatic hydroxyl groups is 1. The minimum atomic E-state index is -1.76. The fourth-order valence-corrected chi connectivity index (χ4v) is 14.1. The molecule has 4 fully saturated rings. The number of hydrogen-bond acceptors (Lipinski definition) is 24. The zero-order chi connectivity index (χ0) is 85.4. The van der Waals surface area contributed by atoms with E-state index in [4.69, 9.17) is 53.8 Å². The standard InChI is InChI=1S/C34H44Cl3N5O7.C32H41N5O6.C16H12N2O7/c1-20(2)28(29(44)39-21(3)30(45)42-13-5-6-27(41-42)31(46)49-19-34(35,36)37)40-32(47)33(11-14-48-15-12-33)10-9-26-17-25-16-23(22(4)43)7-8-24(25)18-38-26;1-19(2)27-28(38)34-20(3)29(39)37-13-5-6-26(36-37)30(40)43-21(4)22-7-8-23-18-33-25(17-24(23)16-22)9-10-32(31(41)35-27)11-14-42-15-12-32;1-9-5-3-7-11(17(21)22)13(9)15(19)25-16(20)14-10(2)6-4-8-12(14)18(23)24/h7-10,16-18,20-22,27-28,41,43H,5-6,11-15,19H2,1-4H3,(H,39,44)(H,40,47);7-10,16-21,26-27,36H,5-6,11-15H2,1-4H3,(H,34,38)(H,35,41);3-8H,1-2H3/b2*10-9+;/t21-,22+,27-,28-;20-,21+,26-,27-;/m00./s1. The lowest BCUT2D eigenvalue weighted by Gasteiger charge is -2.36. The Balaban J connectivity index is 0.000000210. The Kier molecular flexibility index (Phi) is 31.0. The van der Waals surface area contributed by atoms with Gasteiger partial charge >= 0.3 is 23.9 Å². The van der Waals surface area contributed by atoms with E-state index in [-0.39, 0.29) is 51.8 Å². The number of halogens is 3. The van der Waals surface area contributed by atoms with Gasteiger partial charge in [-0.2, -0.15) is 0 Å². The fourth-order valence-electron chi connectivity index (χ4n) is 13.9. The molecule has 0 radical (unpaired) electrons. The zero-order valence-corrected chi connectivity index (χ0v) is 68.7. The summed E-state index contributed by atoms with van der Waals surface area (Å²) >= 11 is 17.0. The number of carbonyl (C=O) groups is 10. The first-order valence-electron chi connectivity index (χ1n) is 38.5. The van der Waals surface area contributed by atoms with E-state index in [0.29, 0.717) is 102 Å². The van der Waals surface area contributed by atoms with Crippen LogP contribution >= 0.6 is 34.8 Å². The normalized spacial score (nSPS) is 20.9. The Morgan fingerprint density at radius 2 is 1.33 bits per heavy atom. The van der Waals surface area contributed by atoms with Gasteiger partial charge in [0.05, 0.1) is 38.2 Å². The molecule has 11 rings (SSSR count). The maximum atomic E-state index is 14.0. The highest BCUT2D eigenvalue weighted by Gasteiger charge is 2.44. The minimum absolute atomic E-state index is 0.237. The monoisotopic (exact) mass is 1670 g/mol. The molecule has 6 aromatic rings. The molecule has 1 spiro atoms. The number of nitrogens with zero attached hydrogens (tertiary/aromatic N) is 6. The van der Waals surface area contributed by atoms with Gasteiger partial charge < -0.3 is 50.1 Å². The van der Waals surface area contributed by atoms with Gasteiger partial charge in [-0.05, 0) is 174 Å². The number of aliphatic hydroxyl groups excluding tert-OH is 1. The number of carbonyl (C=O) groups excluding carboxylic acids is 10. The lowest BCUT2D eigenvalue weighted by molar-refractivity contribution is -0.385. The maximum Gasteiger partial charge on any atom is 0.353 e. The molecule has 32 nitrogen and oxygen atoms in total. The molecule has 7 N–H and O–H groups in total. The number of fused-ring (bicyclic) bond motifs is 5. The molecule has 0 aliphatic carbocycles. The van der Waals surface area contributed by atoms with Crippen LogP contribution in [0.1, 0.15) is 173 Å². The van der Waals surface area contributed by atoms with E-state index in [1.807, 2.05) is 101 Å². The number of ether oxygens (including phenoxy) is 5. The van der Waals surface area contributed by atoms with Gasteiger partial charge in [-0.3, -0.25) is 78.6 Å². The van der Waals surface area contributed by atoms with Crippen LogP contribution in [0.5, 0.6) is 0 Å². The highest BCUT2D eigenvalue weighted by molar-refractivity contribution is 6.67. The number of benzene rings is 4. The number of esters is 4. The molecular formula is C82H97Cl3N12O20. The van der Waals surface area contributed by atoms with Crippen molar-refractivity contribution in [1.29, 1.82) is 0 Å². The summed E-state index contributed by atoms with van der Waals surface area (Å²) in [5.41, 5.74) is 5.63. The van der Waals surface area contributed by atoms with Gasteiger partial charge in [0, 0.05) is 74.8 Å². The maximum absolute atomic E-state index is 14.0. The number of cyclic esters (lactones) is 1. The van der Waals surface area contributed by atoms with Crippen LogP contribution in [0.2, 0.25) is 0 Å². The Morgan fingerprint density at radius 3 is 1.93 bits per heavy atom. The zero-order valence-electron chi connectivity index (χ0n) is 66.4. The number of nitrogens with one attached hydrogen (secondary N) is 6. The smallest absolute Gasteiger partial charge is 0.353 e. The summed E-state index contributed by atoms with van der Waals surface area (Å²) in [7, 11) is 0. The Labute approximate surface area is 690 Å². The van der Waals surface area contributed by atoms with E-state index >= 15 is 0 Å². The number of pyridine rings is 2. The van der Waals surface area contributed by atoms with Crippen molar-refractivity contribution < 1.29 is 86.6 Å². The van der Waals surface area contributed by atoms with Crippen LogP contribution in [-0.4, -0.2) is 180 Å². The molecule has 7 heterocycles. The molecule has 117 heavy (non-hydrogen) atoms. The van der Waals surface area contributed by atoms with Crippen molar-refractivity contribution in [3.63, 3.8) is 0 Å². The predicted molar refractivity (Wildman–Crippen MR) is 433 cm³/mol. The highest BCUT2D eigenvalue weighted by atomic mass is 35.6. The lowest BCUT2D eigenvalue weighted by Crippen LogP contribution is -2.61. The van der Waals surface area contributed by atoms with Crippen molar-refractivity contribution in [2.24, 2.45) is 22.7 Å². The molecule has 5 aliphatic heterocycles. The van der Waals surface area contributed by atoms with Crippen LogP contribution in [-0.2, 0) is 62.0 Å². The third kappa shape index (κ3) is 23.5. The third-order valence-electron chi connectivity index (χ3n) is 20.9. The number of amides is 6. The van der Waals surface area contributed by atoms with E-state index in [0.717, 1.165) is 44.8 Å². The van der Waals surface area contributed by atoms with E-state index in [2.05, 4.69) is 46.8 Å². The highest BCUT2D eigenvalue weighted by Crippen LogP contribution is 2.37. The summed E-state index contributed by atoms with van der Waals surface area (Å²) in [5.74, 6) is -6.54. The average molecular weight is 1680 g/mol. The van der Waals surface area contributed by atoms with Crippen LogP contribution in [0.3, 0.4) is 0 Å². The first-order valence-corrected chi connectivity index (χ1v) is 39.6. The minimum Gasteiger partial charge on any atom is -0.460 e. The molecule has 6 amide bonds. The fraction of sp³-hybridized carbons (Fsp3) is 0.463. The van der Waals surface area contributed by atoms with Crippen molar-refractivity contribution in [2.75, 3.05) is 46.1 Å². The van der Waals surface area contributed by atoms with Crippen molar-refractivity contribution in [1.82, 2.24) is 52.1 Å². The number of nitro benzene ring substituents is 2. The van der Waals surface area contributed by atoms with Crippen LogP contribution in [0.15, 0.2) is 109 Å². The SMILES string of the molecule is CC(C)[C@@H]1NC(=O)C2(/C=C/c3cc4cc(ccc4cn3)[C@@H](C)OC(=O)[C@@H]3CCCN(N3)C(=O)[C@H](C)NC1=O)CCOCC2.CC(C)[C@H](NC(=O)C1(/C=C/c2cc3cc([C@@H](C)O)ccc3cn2)CCOCC1)C(=O)N[C@@H](C)C(=O)N1CCC[C@@H](C(=O)OCC(Cl)(Cl)Cl)N1.Cc1cccc([N+](=O)[O-])c1C(=O)OC(=O)c1c(C)cccc1[N+](=O)[O-]. The van der Waals surface area contributed by atoms with Gasteiger partial charge in [0.1, 0.15) is 60.1 Å². The molecule has 4 aromatic carbocycles. The summed E-state index contributed by atoms with van der Waals surface area (Å²) in [6.45, 7) is 18.7. The quantitative estimate of drug-likeness (QED) is 0.0118. The second kappa shape index (κ2) is 40.1. The van der Waals surface area contributed by atoms with Gasteiger partial charge in [0.2, 0.25) is 27.4 Å². The number of aryl methyl sites for hydroxylation is 2. The summed E-state index contributed by atoms with van der Waals surface area (Å²) < 4.78 is 25.0. The van der Waals surface area contributed by atoms with Crippen molar-refractivity contribution in [3.05, 3.63) is 174 Å². The molecule has 0 saturated carbocycles. The second-order valence-corrected chi connectivity index (χ2v) is 32.7. The van der Waals surface area contributed by atoms with Crippen molar-refractivity contribution in [3.8, 4) is 0 Å². The van der Waals surface area contributed by atoms with Crippen molar-refractivity contribution in [2.45, 2.75) is 173 Å². The van der Waals surface area contributed by atoms with Crippen LogP contribution in [0, 0.1) is 56.7 Å². The van der Waals surface area contributed by atoms with Gasteiger partial charge in [-0.15, -0.1) is 0 Å². The van der Waals surface area contributed by atoms with Crippen LogP contribution in [0.25, 0.3) is 33.7 Å². The van der Waals surface area contributed by atoms with Crippen molar-refractivity contribution >= 4 is 139 Å².